The van der Waals surface area contributed by atoms with Gasteiger partial charge in [-0.25, -0.2) is 19.3 Å². The first-order chi connectivity index (χ1) is 17.3. The largest absolute Gasteiger partial charge is 0.382 e. The van der Waals surface area contributed by atoms with Crippen molar-refractivity contribution >= 4 is 28.6 Å². The van der Waals surface area contributed by atoms with Gasteiger partial charge in [0, 0.05) is 37.7 Å². The highest BCUT2D eigenvalue weighted by Gasteiger charge is 2.34. The lowest BCUT2D eigenvalue weighted by atomic mass is 9.86. The molecular formula is C25H28FN9O. The van der Waals surface area contributed by atoms with Gasteiger partial charge in [-0.15, -0.1) is 0 Å². The van der Waals surface area contributed by atoms with Gasteiger partial charge in [0.25, 0.3) is 0 Å². The molecule has 3 aromatic heterocycles. The minimum atomic E-state index is -0.653. The maximum absolute atomic E-state index is 13.9. The summed E-state index contributed by atoms with van der Waals surface area (Å²) >= 11 is 0. The average molecular weight is 490 g/mol. The van der Waals surface area contributed by atoms with E-state index in [9.17, 15) is 9.18 Å². The van der Waals surface area contributed by atoms with Crippen LogP contribution in [0.3, 0.4) is 0 Å². The molecule has 0 spiro atoms. The number of amides is 1. The number of halogens is 1. The molecule has 1 unspecified atom stereocenters. The van der Waals surface area contributed by atoms with E-state index in [-0.39, 0.29) is 18.1 Å². The van der Waals surface area contributed by atoms with Gasteiger partial charge in [-0.3, -0.25) is 9.78 Å². The maximum atomic E-state index is 13.9. The molecule has 1 amide bonds. The van der Waals surface area contributed by atoms with Crippen LogP contribution >= 0.6 is 0 Å². The highest BCUT2D eigenvalue weighted by Crippen LogP contribution is 2.32. The van der Waals surface area contributed by atoms with Gasteiger partial charge >= 0.3 is 0 Å². The van der Waals surface area contributed by atoms with Crippen LogP contribution in [0.2, 0.25) is 0 Å². The molecule has 0 radical (unpaired) electrons. The van der Waals surface area contributed by atoms with Crippen LogP contribution in [0.15, 0.2) is 49.2 Å². The molecule has 10 nitrogen and oxygen atoms in total. The van der Waals surface area contributed by atoms with Gasteiger partial charge in [0.05, 0.1) is 30.5 Å². The van der Waals surface area contributed by atoms with Crippen molar-refractivity contribution in [1.82, 2.24) is 29.8 Å². The molecule has 0 aliphatic carbocycles. The summed E-state index contributed by atoms with van der Waals surface area (Å²) in [5.74, 6) is -0.0977. The highest BCUT2D eigenvalue weighted by atomic mass is 19.1. The van der Waals surface area contributed by atoms with Gasteiger partial charge in [0.1, 0.15) is 17.7 Å². The molecule has 5 rings (SSSR count). The molecule has 1 aliphatic rings. The van der Waals surface area contributed by atoms with Crippen molar-refractivity contribution in [3.8, 4) is 11.3 Å². The van der Waals surface area contributed by atoms with Gasteiger partial charge in [-0.05, 0) is 36.6 Å². The van der Waals surface area contributed by atoms with Gasteiger partial charge < -0.3 is 26.3 Å². The lowest BCUT2D eigenvalue weighted by molar-refractivity contribution is -0.121. The van der Waals surface area contributed by atoms with E-state index in [1.165, 1.54) is 18.5 Å². The van der Waals surface area contributed by atoms with E-state index in [1.54, 1.807) is 25.6 Å². The normalized spacial score (nSPS) is 17.9. The van der Waals surface area contributed by atoms with Crippen molar-refractivity contribution in [2.24, 2.45) is 5.73 Å². The highest BCUT2D eigenvalue weighted by molar-refractivity contribution is 5.81. The molecule has 1 fully saturated rings. The van der Waals surface area contributed by atoms with Crippen LogP contribution in [0.4, 0.5) is 15.9 Å². The monoisotopic (exact) mass is 489 g/mol. The minimum absolute atomic E-state index is 0.0821. The maximum Gasteiger partial charge on any atom is 0.221 e. The zero-order chi connectivity index (χ0) is 25.3. The molecular weight excluding hydrogens is 461 g/mol. The van der Waals surface area contributed by atoms with E-state index >= 15 is 0 Å². The zero-order valence-corrected chi connectivity index (χ0v) is 20.0. The molecule has 36 heavy (non-hydrogen) atoms. The number of nitrogens with two attached hydrogens (primary N) is 2. The number of nitrogens with one attached hydrogen (secondary N) is 1. The van der Waals surface area contributed by atoms with Crippen molar-refractivity contribution < 1.29 is 9.18 Å². The smallest absolute Gasteiger partial charge is 0.221 e. The first kappa shape index (κ1) is 23.6. The third kappa shape index (κ3) is 4.69. The molecule has 0 bridgehead atoms. The molecule has 4 heterocycles. The van der Waals surface area contributed by atoms with Crippen LogP contribution in [-0.2, 0) is 11.3 Å². The lowest BCUT2D eigenvalue weighted by Crippen LogP contribution is -2.56. The second kappa shape index (κ2) is 9.50. The van der Waals surface area contributed by atoms with Crippen molar-refractivity contribution in [2.75, 3.05) is 30.8 Å². The molecule has 1 aliphatic heterocycles. The van der Waals surface area contributed by atoms with Crippen LogP contribution < -0.4 is 21.7 Å². The van der Waals surface area contributed by atoms with Crippen LogP contribution in [0, 0.1) is 5.82 Å². The van der Waals surface area contributed by atoms with Crippen molar-refractivity contribution in [1.29, 1.82) is 0 Å². The quantitative estimate of drug-likeness (QED) is 0.374. The van der Waals surface area contributed by atoms with Crippen LogP contribution in [-0.4, -0.2) is 56.1 Å². The zero-order valence-electron chi connectivity index (χ0n) is 20.0. The SMILES string of the molecule is CNC(=O)CC1(N)CCCN(c2cnc(-c3cccc(F)c3)cc2Cn2cnc3c(N)ncnc32)C1. The number of imidazole rings is 1. The van der Waals surface area contributed by atoms with E-state index in [4.69, 9.17) is 11.5 Å². The number of aromatic nitrogens is 5. The number of hydrogen-bond acceptors (Lipinski definition) is 8. The predicted octanol–water partition coefficient (Wildman–Crippen LogP) is 2.09. The summed E-state index contributed by atoms with van der Waals surface area (Å²) in [5.41, 5.74) is 16.3. The second-order valence-corrected chi connectivity index (χ2v) is 9.25. The van der Waals surface area contributed by atoms with E-state index in [0.717, 1.165) is 30.6 Å². The number of nitrogens with zero attached hydrogens (tertiary/aromatic N) is 6. The number of pyridine rings is 1. The Labute approximate surface area is 207 Å². The standard InChI is InChI=1S/C25H28FN9O/c1-29-21(36)10-25(28)6-3-7-34(13-25)20-11-30-19(16-4-2-5-18(26)8-16)9-17(20)12-35-15-33-22-23(27)31-14-32-24(22)35/h2,4-5,8-9,11,14-15H,3,6-7,10,12-13,28H2,1H3,(H,29,36)(H2,27,31,32). The Morgan fingerprint density at radius 2 is 2.08 bits per heavy atom. The molecule has 1 saturated heterocycles. The number of fused-ring (bicyclic) bond motifs is 1. The summed E-state index contributed by atoms with van der Waals surface area (Å²) in [6, 6.07) is 8.30. The molecule has 4 aromatic rings. The molecule has 1 aromatic carbocycles. The topological polar surface area (TPSA) is 141 Å². The summed E-state index contributed by atoms with van der Waals surface area (Å²) in [6.07, 6.45) is 6.72. The third-order valence-corrected chi connectivity index (χ3v) is 6.60. The van der Waals surface area contributed by atoms with Gasteiger partial charge in [-0.2, -0.15) is 0 Å². The van der Waals surface area contributed by atoms with Crippen molar-refractivity contribution in [3.63, 3.8) is 0 Å². The Morgan fingerprint density at radius 1 is 1.22 bits per heavy atom. The van der Waals surface area contributed by atoms with Gasteiger partial charge in [-0.1, -0.05) is 12.1 Å². The summed E-state index contributed by atoms with van der Waals surface area (Å²) in [4.78, 5) is 31.7. The minimum Gasteiger partial charge on any atom is -0.382 e. The van der Waals surface area contributed by atoms with Crippen LogP contribution in [0.1, 0.15) is 24.8 Å². The first-order valence-corrected chi connectivity index (χ1v) is 11.8. The predicted molar refractivity (Wildman–Crippen MR) is 136 cm³/mol. The average Bonchev–Trinajstić information content (AvgIpc) is 3.27. The van der Waals surface area contributed by atoms with E-state index in [2.05, 4.69) is 30.2 Å². The number of benzene rings is 1. The van der Waals surface area contributed by atoms with E-state index in [0.29, 0.717) is 41.3 Å². The summed E-state index contributed by atoms with van der Waals surface area (Å²) in [5, 5.41) is 2.67. The summed E-state index contributed by atoms with van der Waals surface area (Å²) in [6.45, 7) is 1.71. The van der Waals surface area contributed by atoms with Gasteiger partial charge in [0.15, 0.2) is 11.5 Å². The third-order valence-electron chi connectivity index (χ3n) is 6.60. The number of anilines is 2. The Bertz CT molecular complexity index is 1420. The number of nitrogen functional groups attached to an aromatic ring is 1. The fraction of sp³-hybridized carbons (Fsp3) is 0.320. The number of piperidine rings is 1. The first-order valence-electron chi connectivity index (χ1n) is 11.8. The second-order valence-electron chi connectivity index (χ2n) is 9.25. The molecule has 5 N–H and O–H groups in total. The summed E-state index contributed by atoms with van der Waals surface area (Å²) < 4.78 is 15.8. The Hall–Kier alpha value is -4.12. The molecule has 11 heteroatoms. The van der Waals surface area contributed by atoms with E-state index in [1.807, 2.05) is 16.7 Å². The molecule has 1 atom stereocenters. The Morgan fingerprint density at radius 3 is 2.89 bits per heavy atom. The number of carbonyl (C=O) groups is 1. The fourth-order valence-corrected chi connectivity index (χ4v) is 4.82. The van der Waals surface area contributed by atoms with E-state index < -0.39 is 5.54 Å². The number of hydrogen-bond donors (Lipinski definition) is 3. The van der Waals surface area contributed by atoms with Gasteiger partial charge in [0.2, 0.25) is 5.91 Å². The number of carbonyl (C=O) groups excluding carboxylic acids is 1. The molecule has 0 saturated carbocycles. The van der Waals surface area contributed by atoms with Crippen LogP contribution in [0.5, 0.6) is 0 Å². The Balaban J connectivity index is 1.55. The lowest BCUT2D eigenvalue weighted by Gasteiger charge is -2.41. The fourth-order valence-electron chi connectivity index (χ4n) is 4.82. The Kier molecular flexibility index (Phi) is 6.23. The number of rotatable bonds is 6. The molecule has 186 valence electrons. The summed E-state index contributed by atoms with van der Waals surface area (Å²) in [7, 11) is 1.62. The van der Waals surface area contributed by atoms with Crippen molar-refractivity contribution in [3.05, 3.63) is 60.6 Å². The van der Waals surface area contributed by atoms with Crippen LogP contribution in [0.25, 0.3) is 22.4 Å². The van der Waals surface area contributed by atoms with Crippen molar-refractivity contribution in [2.45, 2.75) is 31.3 Å².